The molecule has 0 saturated carbocycles. The van der Waals surface area contributed by atoms with Crippen molar-refractivity contribution in [2.75, 3.05) is 19.6 Å². The molecule has 1 unspecified atom stereocenters. The predicted octanol–water partition coefficient (Wildman–Crippen LogP) is 0.309. The number of likely N-dealkylation sites (tertiary alicyclic amines) is 1. The maximum absolute atomic E-state index is 12.2. The Hall–Kier alpha value is -1.66. The number of rotatable bonds is 4. The van der Waals surface area contributed by atoms with Gasteiger partial charge in [0.05, 0.1) is 6.54 Å². The molecule has 2 aromatic heterocycles. The van der Waals surface area contributed by atoms with E-state index in [0.29, 0.717) is 24.8 Å². The summed E-state index contributed by atoms with van der Waals surface area (Å²) in [5, 5.41) is 4.36. The van der Waals surface area contributed by atoms with E-state index in [2.05, 4.69) is 10.00 Å². The highest BCUT2D eigenvalue weighted by molar-refractivity contribution is 5.35. The van der Waals surface area contributed by atoms with Crippen molar-refractivity contribution in [2.24, 2.45) is 5.73 Å². The number of hydrogen-bond acceptors (Lipinski definition) is 4. The summed E-state index contributed by atoms with van der Waals surface area (Å²) < 4.78 is 3.13. The molecule has 0 radical (unpaired) electrons. The highest BCUT2D eigenvalue weighted by Crippen LogP contribution is 2.15. The molecule has 0 spiro atoms. The summed E-state index contributed by atoms with van der Waals surface area (Å²) in [7, 11) is 0. The van der Waals surface area contributed by atoms with Crippen LogP contribution < -0.4 is 11.4 Å². The van der Waals surface area contributed by atoms with Gasteiger partial charge in [0.1, 0.15) is 0 Å². The third kappa shape index (κ3) is 2.48. The summed E-state index contributed by atoms with van der Waals surface area (Å²) in [6, 6.07) is 6.04. The summed E-state index contributed by atoms with van der Waals surface area (Å²) in [6.45, 7) is 3.23. The Morgan fingerprint density at radius 2 is 2.20 bits per heavy atom. The van der Waals surface area contributed by atoms with Crippen molar-refractivity contribution in [1.82, 2.24) is 19.1 Å². The third-order valence-corrected chi connectivity index (χ3v) is 4.11. The Bertz CT molecular complexity index is 632. The van der Waals surface area contributed by atoms with Crippen molar-refractivity contribution in [2.45, 2.75) is 31.8 Å². The second kappa shape index (κ2) is 5.76. The highest BCUT2D eigenvalue weighted by atomic mass is 16.2. The number of pyridine rings is 1. The van der Waals surface area contributed by atoms with Gasteiger partial charge in [-0.1, -0.05) is 12.5 Å². The minimum absolute atomic E-state index is 0.0677. The molecule has 2 aromatic rings. The van der Waals surface area contributed by atoms with Crippen LogP contribution in [0.4, 0.5) is 0 Å². The zero-order valence-electron chi connectivity index (χ0n) is 11.6. The van der Waals surface area contributed by atoms with E-state index in [9.17, 15) is 4.79 Å². The van der Waals surface area contributed by atoms with Crippen LogP contribution in [0.1, 0.15) is 19.3 Å². The summed E-state index contributed by atoms with van der Waals surface area (Å²) in [6.07, 6.45) is 5.39. The summed E-state index contributed by atoms with van der Waals surface area (Å²) >= 11 is 0. The summed E-state index contributed by atoms with van der Waals surface area (Å²) in [5.41, 5.74) is 6.46. The predicted molar refractivity (Wildman–Crippen MR) is 77.7 cm³/mol. The van der Waals surface area contributed by atoms with Crippen molar-refractivity contribution in [1.29, 1.82) is 0 Å². The van der Waals surface area contributed by atoms with Gasteiger partial charge < -0.3 is 5.73 Å². The topological polar surface area (TPSA) is 68.6 Å². The van der Waals surface area contributed by atoms with Crippen molar-refractivity contribution >= 4 is 5.65 Å². The maximum Gasteiger partial charge on any atom is 0.350 e. The van der Waals surface area contributed by atoms with Crippen LogP contribution >= 0.6 is 0 Å². The summed E-state index contributed by atoms with van der Waals surface area (Å²) in [5.74, 6) is 0. The SMILES string of the molecule is NCC1CCCCN1CCn1nc2ccccn2c1=O. The molecule has 6 heteroatoms. The first-order valence-electron chi connectivity index (χ1n) is 7.28. The molecule has 1 atom stereocenters. The first kappa shape index (κ1) is 13.3. The van der Waals surface area contributed by atoms with Crippen LogP contribution in [0.2, 0.25) is 0 Å². The van der Waals surface area contributed by atoms with E-state index < -0.39 is 0 Å². The van der Waals surface area contributed by atoms with Crippen LogP contribution in [0.3, 0.4) is 0 Å². The number of fused-ring (bicyclic) bond motifs is 1. The number of nitrogens with zero attached hydrogens (tertiary/aromatic N) is 4. The van der Waals surface area contributed by atoms with E-state index >= 15 is 0 Å². The Labute approximate surface area is 117 Å². The second-order valence-corrected chi connectivity index (χ2v) is 5.36. The number of piperidine rings is 1. The first-order chi connectivity index (χ1) is 9.79. The van der Waals surface area contributed by atoms with Gasteiger partial charge >= 0.3 is 5.69 Å². The largest absolute Gasteiger partial charge is 0.350 e. The molecule has 3 rings (SSSR count). The van der Waals surface area contributed by atoms with E-state index in [0.717, 1.165) is 19.5 Å². The van der Waals surface area contributed by atoms with Crippen LogP contribution in [-0.2, 0) is 6.54 Å². The van der Waals surface area contributed by atoms with E-state index in [4.69, 9.17) is 5.73 Å². The molecule has 1 fully saturated rings. The van der Waals surface area contributed by atoms with Crippen molar-refractivity contribution in [3.05, 3.63) is 34.9 Å². The average Bonchev–Trinajstić information content (AvgIpc) is 2.82. The van der Waals surface area contributed by atoms with E-state index in [1.165, 1.54) is 12.8 Å². The van der Waals surface area contributed by atoms with Crippen molar-refractivity contribution < 1.29 is 0 Å². The van der Waals surface area contributed by atoms with Crippen molar-refractivity contribution in [3.8, 4) is 0 Å². The van der Waals surface area contributed by atoms with Gasteiger partial charge in [-0.25, -0.2) is 9.48 Å². The zero-order chi connectivity index (χ0) is 13.9. The fourth-order valence-electron chi connectivity index (χ4n) is 2.96. The molecule has 1 aliphatic heterocycles. The molecule has 0 bridgehead atoms. The van der Waals surface area contributed by atoms with E-state index in [1.807, 2.05) is 18.2 Å². The van der Waals surface area contributed by atoms with Crippen LogP contribution in [0.15, 0.2) is 29.2 Å². The van der Waals surface area contributed by atoms with Gasteiger partial charge in [0, 0.05) is 25.3 Å². The minimum atomic E-state index is -0.0677. The Balaban J connectivity index is 1.73. The molecule has 0 aromatic carbocycles. The molecule has 6 nitrogen and oxygen atoms in total. The molecular weight excluding hydrogens is 254 g/mol. The van der Waals surface area contributed by atoms with Gasteiger partial charge in [-0.15, -0.1) is 5.10 Å². The fourth-order valence-corrected chi connectivity index (χ4v) is 2.96. The number of nitrogens with two attached hydrogens (primary N) is 1. The molecule has 0 aliphatic carbocycles. The lowest BCUT2D eigenvalue weighted by molar-refractivity contribution is 0.145. The number of hydrogen-bond donors (Lipinski definition) is 1. The highest BCUT2D eigenvalue weighted by Gasteiger charge is 2.21. The van der Waals surface area contributed by atoms with Crippen LogP contribution in [0, 0.1) is 0 Å². The van der Waals surface area contributed by atoms with E-state index in [1.54, 1.807) is 15.3 Å². The normalized spacial score (nSPS) is 20.6. The first-order valence-corrected chi connectivity index (χ1v) is 7.28. The molecule has 3 heterocycles. The standard InChI is InChI=1S/C14H21N5O/c15-11-12-5-1-3-7-17(12)9-10-19-14(20)18-8-4-2-6-13(18)16-19/h2,4,6,8,12H,1,3,5,7,9-11,15H2. The maximum atomic E-state index is 12.2. The molecule has 1 saturated heterocycles. The van der Waals surface area contributed by atoms with Crippen LogP contribution in [-0.4, -0.2) is 44.8 Å². The van der Waals surface area contributed by atoms with Gasteiger partial charge in [-0.05, 0) is 31.5 Å². The lowest BCUT2D eigenvalue weighted by Crippen LogP contribution is -2.45. The third-order valence-electron chi connectivity index (χ3n) is 4.11. The monoisotopic (exact) mass is 275 g/mol. The lowest BCUT2D eigenvalue weighted by atomic mass is 10.0. The van der Waals surface area contributed by atoms with Gasteiger partial charge in [0.15, 0.2) is 5.65 Å². The van der Waals surface area contributed by atoms with Gasteiger partial charge in [0.25, 0.3) is 0 Å². The van der Waals surface area contributed by atoms with Gasteiger partial charge in [0.2, 0.25) is 0 Å². The quantitative estimate of drug-likeness (QED) is 0.872. The Kier molecular flexibility index (Phi) is 3.84. The molecule has 2 N–H and O–H groups in total. The summed E-state index contributed by atoms with van der Waals surface area (Å²) in [4.78, 5) is 14.6. The molecule has 0 amide bonds. The minimum Gasteiger partial charge on any atom is -0.329 e. The molecule has 108 valence electrons. The second-order valence-electron chi connectivity index (χ2n) is 5.36. The van der Waals surface area contributed by atoms with E-state index in [-0.39, 0.29) is 5.69 Å². The van der Waals surface area contributed by atoms with Gasteiger partial charge in [-0.2, -0.15) is 0 Å². The lowest BCUT2D eigenvalue weighted by Gasteiger charge is -2.34. The Morgan fingerprint density at radius 3 is 3.00 bits per heavy atom. The van der Waals surface area contributed by atoms with Crippen LogP contribution in [0.5, 0.6) is 0 Å². The van der Waals surface area contributed by atoms with Gasteiger partial charge in [-0.3, -0.25) is 9.30 Å². The Morgan fingerprint density at radius 1 is 1.30 bits per heavy atom. The smallest absolute Gasteiger partial charge is 0.329 e. The molecule has 20 heavy (non-hydrogen) atoms. The van der Waals surface area contributed by atoms with Crippen molar-refractivity contribution in [3.63, 3.8) is 0 Å². The number of aromatic nitrogens is 3. The molecule has 1 aliphatic rings. The fraction of sp³-hybridized carbons (Fsp3) is 0.571. The zero-order valence-corrected chi connectivity index (χ0v) is 11.6. The van der Waals surface area contributed by atoms with Crippen LogP contribution in [0.25, 0.3) is 5.65 Å². The average molecular weight is 275 g/mol. The molecular formula is C14H21N5O.